The summed E-state index contributed by atoms with van der Waals surface area (Å²) in [4.78, 5) is 5.39. The Morgan fingerprint density at radius 3 is 2.76 bits per heavy atom. The first kappa shape index (κ1) is 14.1. The molecule has 3 rings (SSSR count). The summed E-state index contributed by atoms with van der Waals surface area (Å²) in [6.45, 7) is 0.158. The number of halogens is 1. The lowest BCUT2D eigenvalue weighted by Gasteiger charge is -2.15. The van der Waals surface area contributed by atoms with E-state index >= 15 is 0 Å². The normalized spacial score (nSPS) is 19.2. The van der Waals surface area contributed by atoms with E-state index in [0.29, 0.717) is 41.7 Å². The van der Waals surface area contributed by atoms with E-state index in [1.54, 1.807) is 14.2 Å². The Morgan fingerprint density at radius 2 is 2.10 bits per heavy atom. The summed E-state index contributed by atoms with van der Waals surface area (Å²) in [7, 11) is 3.19. The second-order valence-electron chi connectivity index (χ2n) is 4.76. The molecule has 0 aliphatic carbocycles. The van der Waals surface area contributed by atoms with Crippen LogP contribution in [0.5, 0.6) is 23.0 Å². The van der Waals surface area contributed by atoms with Gasteiger partial charge in [0.1, 0.15) is 6.10 Å². The van der Waals surface area contributed by atoms with Crippen LogP contribution in [0.15, 0.2) is 11.2 Å². The molecule has 0 radical (unpaired) electrons. The van der Waals surface area contributed by atoms with Gasteiger partial charge in [-0.1, -0.05) is 5.16 Å². The summed E-state index contributed by atoms with van der Waals surface area (Å²) in [5.41, 5.74) is 1.78. The van der Waals surface area contributed by atoms with Crippen molar-refractivity contribution >= 4 is 17.3 Å². The van der Waals surface area contributed by atoms with Crippen molar-refractivity contribution in [3.63, 3.8) is 0 Å². The van der Waals surface area contributed by atoms with Crippen LogP contribution in [0.3, 0.4) is 0 Å². The van der Waals surface area contributed by atoms with Crippen LogP contribution in [0.2, 0.25) is 0 Å². The fourth-order valence-electron chi connectivity index (χ4n) is 2.51. The molecular weight excluding hydrogens is 298 g/mol. The topological polar surface area (TPSA) is 58.5 Å². The van der Waals surface area contributed by atoms with Gasteiger partial charge in [-0.3, -0.25) is 0 Å². The first-order valence-electron chi connectivity index (χ1n) is 6.57. The van der Waals surface area contributed by atoms with E-state index in [2.05, 4.69) is 5.16 Å². The second-order valence-corrected chi connectivity index (χ2v) is 5.03. The van der Waals surface area contributed by atoms with Crippen molar-refractivity contribution < 1.29 is 23.8 Å². The number of benzene rings is 1. The number of nitrogens with zero attached hydrogens (tertiary/aromatic N) is 1. The minimum atomic E-state index is -0.0577. The molecule has 114 valence electrons. The molecule has 0 N–H and O–H groups in total. The molecule has 0 bridgehead atoms. The van der Waals surface area contributed by atoms with Crippen molar-refractivity contribution in [3.8, 4) is 23.0 Å². The lowest BCUT2D eigenvalue weighted by atomic mass is 10.0. The highest BCUT2D eigenvalue weighted by Gasteiger charge is 2.29. The molecule has 0 unspecified atom stereocenters. The average Bonchev–Trinajstić information content (AvgIpc) is 3.15. The predicted octanol–water partition coefficient (Wildman–Crippen LogP) is 2.36. The SMILES string of the molecule is COc1cc(C[C@@H]2CC(CCl)=NO2)c(OC)c2c1OCO2. The molecule has 1 aromatic carbocycles. The van der Waals surface area contributed by atoms with Gasteiger partial charge in [0.25, 0.3) is 0 Å². The largest absolute Gasteiger partial charge is 0.493 e. The van der Waals surface area contributed by atoms with E-state index in [4.69, 9.17) is 35.4 Å². The lowest BCUT2D eigenvalue weighted by Crippen LogP contribution is -2.13. The summed E-state index contributed by atoms with van der Waals surface area (Å²) in [6.07, 6.45) is 1.28. The van der Waals surface area contributed by atoms with E-state index in [-0.39, 0.29) is 12.9 Å². The van der Waals surface area contributed by atoms with Crippen LogP contribution in [0.1, 0.15) is 12.0 Å². The zero-order valence-corrected chi connectivity index (χ0v) is 12.6. The van der Waals surface area contributed by atoms with Crippen molar-refractivity contribution in [2.75, 3.05) is 26.9 Å². The molecule has 0 spiro atoms. The summed E-state index contributed by atoms with van der Waals surface area (Å²) in [6, 6.07) is 1.88. The van der Waals surface area contributed by atoms with E-state index in [1.165, 1.54) is 0 Å². The van der Waals surface area contributed by atoms with E-state index < -0.39 is 0 Å². The highest BCUT2D eigenvalue weighted by atomic mass is 35.5. The molecule has 2 aliphatic heterocycles. The van der Waals surface area contributed by atoms with Crippen molar-refractivity contribution in [1.82, 2.24) is 0 Å². The molecule has 0 saturated heterocycles. The average molecular weight is 314 g/mol. The number of hydrogen-bond acceptors (Lipinski definition) is 6. The van der Waals surface area contributed by atoms with Crippen LogP contribution >= 0.6 is 11.6 Å². The Morgan fingerprint density at radius 1 is 1.29 bits per heavy atom. The summed E-state index contributed by atoms with van der Waals surface area (Å²) < 4.78 is 21.7. The van der Waals surface area contributed by atoms with Gasteiger partial charge < -0.3 is 23.8 Å². The maximum atomic E-state index is 5.77. The first-order valence-corrected chi connectivity index (χ1v) is 7.11. The minimum absolute atomic E-state index is 0.0577. The highest BCUT2D eigenvalue weighted by Crippen LogP contribution is 2.49. The summed E-state index contributed by atoms with van der Waals surface area (Å²) in [5.74, 6) is 2.80. The Kier molecular flexibility index (Phi) is 3.96. The smallest absolute Gasteiger partial charge is 0.231 e. The standard InChI is InChI=1S/C14H16ClNO5/c1-17-11-4-8(3-10-5-9(6-15)16-21-10)12(18-2)14-13(11)19-7-20-14/h4,10H,3,5-7H2,1-2H3/t10-/m1/s1. The fraction of sp³-hybridized carbons (Fsp3) is 0.500. The quantitative estimate of drug-likeness (QED) is 0.781. The van der Waals surface area contributed by atoms with Crippen LogP contribution in [0.25, 0.3) is 0 Å². The van der Waals surface area contributed by atoms with E-state index in [0.717, 1.165) is 11.3 Å². The van der Waals surface area contributed by atoms with Gasteiger partial charge in [0.2, 0.25) is 18.3 Å². The van der Waals surface area contributed by atoms with Crippen molar-refractivity contribution in [2.45, 2.75) is 18.9 Å². The number of oxime groups is 1. The minimum Gasteiger partial charge on any atom is -0.493 e. The van der Waals surface area contributed by atoms with Crippen LogP contribution in [-0.4, -0.2) is 38.7 Å². The number of fused-ring (bicyclic) bond motifs is 1. The predicted molar refractivity (Wildman–Crippen MR) is 77.0 cm³/mol. The number of alkyl halides is 1. The maximum Gasteiger partial charge on any atom is 0.231 e. The van der Waals surface area contributed by atoms with Crippen LogP contribution < -0.4 is 18.9 Å². The first-order chi connectivity index (χ1) is 10.3. The van der Waals surface area contributed by atoms with E-state index in [9.17, 15) is 0 Å². The fourth-order valence-corrected chi connectivity index (χ4v) is 2.67. The number of methoxy groups -OCH3 is 2. The van der Waals surface area contributed by atoms with Gasteiger partial charge in [-0.05, 0) is 6.07 Å². The van der Waals surface area contributed by atoms with Gasteiger partial charge in [0, 0.05) is 18.4 Å². The molecule has 1 aromatic rings. The molecule has 1 atom stereocenters. The van der Waals surface area contributed by atoms with Gasteiger partial charge in [0.05, 0.1) is 25.8 Å². The second kappa shape index (κ2) is 5.89. The van der Waals surface area contributed by atoms with Gasteiger partial charge >= 0.3 is 0 Å². The summed E-state index contributed by atoms with van der Waals surface area (Å²) in [5, 5.41) is 3.96. The van der Waals surface area contributed by atoms with Crippen LogP contribution in [0, 0.1) is 0 Å². The zero-order valence-electron chi connectivity index (χ0n) is 11.8. The van der Waals surface area contributed by atoms with Crippen molar-refractivity contribution in [1.29, 1.82) is 0 Å². The number of ether oxygens (including phenoxy) is 4. The van der Waals surface area contributed by atoms with Gasteiger partial charge in [-0.15, -0.1) is 11.6 Å². The highest BCUT2D eigenvalue weighted by molar-refractivity contribution is 6.28. The van der Waals surface area contributed by atoms with Crippen molar-refractivity contribution in [3.05, 3.63) is 11.6 Å². The third-order valence-corrected chi connectivity index (χ3v) is 3.77. The number of hydrogen-bond donors (Lipinski definition) is 0. The number of rotatable bonds is 5. The molecule has 21 heavy (non-hydrogen) atoms. The maximum absolute atomic E-state index is 5.77. The monoisotopic (exact) mass is 313 g/mol. The molecule has 0 saturated carbocycles. The summed E-state index contributed by atoms with van der Waals surface area (Å²) >= 11 is 5.77. The molecule has 7 heteroatoms. The zero-order chi connectivity index (χ0) is 14.8. The van der Waals surface area contributed by atoms with Gasteiger partial charge in [-0.25, -0.2) is 0 Å². The van der Waals surface area contributed by atoms with Gasteiger partial charge in [0.15, 0.2) is 11.5 Å². The Balaban J connectivity index is 1.88. The Labute approximate surface area is 127 Å². The molecule has 2 aliphatic rings. The molecular formula is C14H16ClNO5. The Hall–Kier alpha value is -1.82. The Bertz CT molecular complexity index is 575. The lowest BCUT2D eigenvalue weighted by molar-refractivity contribution is 0.0853. The van der Waals surface area contributed by atoms with Crippen LogP contribution in [-0.2, 0) is 11.3 Å². The van der Waals surface area contributed by atoms with Crippen molar-refractivity contribution in [2.24, 2.45) is 5.16 Å². The van der Waals surface area contributed by atoms with E-state index in [1.807, 2.05) is 6.07 Å². The molecule has 2 heterocycles. The van der Waals surface area contributed by atoms with Gasteiger partial charge in [-0.2, -0.15) is 0 Å². The third kappa shape index (κ3) is 2.55. The third-order valence-electron chi connectivity index (χ3n) is 3.46. The molecule has 0 aromatic heterocycles. The van der Waals surface area contributed by atoms with Crippen LogP contribution in [0.4, 0.5) is 0 Å². The molecule has 0 amide bonds. The molecule has 0 fully saturated rings. The molecule has 6 nitrogen and oxygen atoms in total.